The molecule has 6 N–H and O–H groups in total. The third-order valence-electron chi connectivity index (χ3n) is 2.96. The Morgan fingerprint density at radius 1 is 1.45 bits per heavy atom. The average molecular weight is 300 g/mol. The van der Waals surface area contributed by atoms with Crippen LogP contribution in [0.5, 0.6) is 0 Å². The Balaban J connectivity index is 0.000000286. The number of nitrogens with one attached hydrogen (secondary N) is 1. The minimum absolute atomic E-state index is 0.603. The smallest absolute Gasteiger partial charge is 0.109 e. The number of rotatable bonds is 2. The van der Waals surface area contributed by atoms with Gasteiger partial charge in [0.25, 0.3) is 0 Å². The number of piperidine rings is 1. The zero-order valence-corrected chi connectivity index (χ0v) is 12.3. The van der Waals surface area contributed by atoms with Gasteiger partial charge in [-0.2, -0.15) is 0 Å². The van der Waals surface area contributed by atoms with Crippen molar-refractivity contribution in [1.82, 2.24) is 15.3 Å². The van der Waals surface area contributed by atoms with Crippen LogP contribution in [-0.4, -0.2) is 35.2 Å². The molecular weight excluding hydrogens is 278 g/mol. The molecule has 0 bridgehead atoms. The molecule has 1 fully saturated rings. The molecule has 0 radical (unpaired) electrons. The highest BCUT2D eigenvalue weighted by atomic mass is 35.5. The molecule has 20 heavy (non-hydrogen) atoms. The molecule has 2 rings (SSSR count). The van der Waals surface area contributed by atoms with E-state index in [0.717, 1.165) is 18.8 Å². The molecular formula is C13H22ClN5O. The van der Waals surface area contributed by atoms with E-state index in [0.29, 0.717) is 17.9 Å². The highest BCUT2D eigenvalue weighted by molar-refractivity contribution is 6.30. The van der Waals surface area contributed by atoms with Crippen LogP contribution < -0.4 is 16.9 Å². The van der Waals surface area contributed by atoms with Crippen LogP contribution in [0.4, 0.5) is 0 Å². The molecule has 7 heteroatoms. The van der Waals surface area contributed by atoms with E-state index in [9.17, 15) is 5.11 Å². The van der Waals surface area contributed by atoms with E-state index < -0.39 is 5.60 Å². The summed E-state index contributed by atoms with van der Waals surface area (Å²) < 4.78 is 0. The molecule has 1 aromatic rings. The zero-order valence-electron chi connectivity index (χ0n) is 11.6. The average Bonchev–Trinajstić information content (AvgIpc) is 2.40. The summed E-state index contributed by atoms with van der Waals surface area (Å²) in [5, 5.41) is 15.5. The largest absolute Gasteiger partial charge is 0.403 e. The van der Waals surface area contributed by atoms with E-state index in [-0.39, 0.29) is 0 Å². The maximum absolute atomic E-state index is 10.3. The molecule has 0 atom stereocenters. The van der Waals surface area contributed by atoms with Crippen LogP contribution in [0.25, 0.3) is 0 Å². The first-order valence-electron chi connectivity index (χ1n) is 6.39. The van der Waals surface area contributed by atoms with Crippen molar-refractivity contribution in [2.24, 2.45) is 11.6 Å². The lowest BCUT2D eigenvalue weighted by atomic mass is 9.89. The fourth-order valence-corrected chi connectivity index (χ4v) is 2.00. The summed E-state index contributed by atoms with van der Waals surface area (Å²) in [7, 11) is 1.70. The summed E-state index contributed by atoms with van der Waals surface area (Å²) >= 11 is 5.74. The number of hydrogen-bond acceptors (Lipinski definition) is 6. The van der Waals surface area contributed by atoms with Gasteiger partial charge in [-0.1, -0.05) is 11.6 Å². The van der Waals surface area contributed by atoms with E-state index in [1.54, 1.807) is 31.6 Å². The van der Waals surface area contributed by atoms with Crippen LogP contribution in [0.1, 0.15) is 18.5 Å². The number of halogens is 1. The first-order chi connectivity index (χ1) is 9.48. The van der Waals surface area contributed by atoms with Crippen molar-refractivity contribution < 1.29 is 5.11 Å². The Bertz CT molecular complexity index is 415. The molecule has 0 aromatic carbocycles. The summed E-state index contributed by atoms with van der Waals surface area (Å²) in [5.41, 5.74) is 4.88. The molecule has 1 aromatic heterocycles. The van der Waals surface area contributed by atoms with Crippen LogP contribution in [0.3, 0.4) is 0 Å². The van der Waals surface area contributed by atoms with E-state index in [2.05, 4.69) is 10.3 Å². The first kappa shape index (κ1) is 16.7. The number of hydrazine groups is 1. The summed E-state index contributed by atoms with van der Waals surface area (Å²) in [6, 6.07) is 3.57. The van der Waals surface area contributed by atoms with Gasteiger partial charge in [-0.25, -0.2) is 5.84 Å². The minimum Gasteiger partial charge on any atom is -0.403 e. The first-order valence-corrected chi connectivity index (χ1v) is 6.77. The van der Waals surface area contributed by atoms with Crippen molar-refractivity contribution >= 4 is 11.6 Å². The summed E-state index contributed by atoms with van der Waals surface area (Å²) in [4.78, 5) is 4.16. The van der Waals surface area contributed by atoms with Gasteiger partial charge in [-0.3, -0.25) is 4.98 Å². The topological polar surface area (TPSA) is 100 Å². The van der Waals surface area contributed by atoms with Crippen molar-refractivity contribution in [3.63, 3.8) is 0 Å². The van der Waals surface area contributed by atoms with Crippen LogP contribution >= 0.6 is 11.6 Å². The Kier molecular flexibility index (Phi) is 6.74. The van der Waals surface area contributed by atoms with Gasteiger partial charge >= 0.3 is 0 Å². The molecule has 0 saturated carbocycles. The molecule has 2 heterocycles. The molecule has 0 amide bonds. The molecule has 112 valence electrons. The Morgan fingerprint density at radius 3 is 2.50 bits per heavy atom. The molecule has 0 unspecified atom stereocenters. The minimum atomic E-state index is -0.768. The third kappa shape index (κ3) is 5.34. The van der Waals surface area contributed by atoms with E-state index >= 15 is 0 Å². The van der Waals surface area contributed by atoms with Crippen molar-refractivity contribution in [3.05, 3.63) is 41.4 Å². The highest BCUT2D eigenvalue weighted by Crippen LogP contribution is 2.29. The number of pyridine rings is 1. The highest BCUT2D eigenvalue weighted by Gasteiger charge is 2.32. The van der Waals surface area contributed by atoms with Gasteiger partial charge in [0.15, 0.2) is 0 Å². The molecule has 1 saturated heterocycles. The monoisotopic (exact) mass is 299 g/mol. The molecule has 0 spiro atoms. The molecule has 0 aliphatic carbocycles. The van der Waals surface area contributed by atoms with E-state index in [4.69, 9.17) is 23.2 Å². The molecule has 6 nitrogen and oxygen atoms in total. The number of nitrogens with two attached hydrogens (primary N) is 2. The number of aromatic nitrogens is 1. The standard InChI is InChI=1S/C10H13ClN2O.C3H9N3/c11-8-1-2-9(13-7-8)10(14)3-5-12-6-4-10;1-6(5)3-2-4/h1-2,7,12,14H,3-6H2;2-3H,4-5H2,1H3/b;3-2-. The Labute approximate surface area is 124 Å². The quantitative estimate of drug-likeness (QED) is 0.469. The van der Waals surface area contributed by atoms with Crippen LogP contribution in [0, 0.1) is 0 Å². The zero-order chi connectivity index (χ0) is 15.0. The summed E-state index contributed by atoms with van der Waals surface area (Å²) in [6.07, 6.45) is 5.93. The summed E-state index contributed by atoms with van der Waals surface area (Å²) in [5.74, 6) is 5.07. The van der Waals surface area contributed by atoms with Gasteiger partial charge < -0.3 is 21.2 Å². The van der Waals surface area contributed by atoms with Gasteiger partial charge in [0.1, 0.15) is 5.60 Å². The molecule has 1 aliphatic rings. The SMILES string of the molecule is CN(N)/C=C\N.OC1(c2ccc(Cl)cn2)CCNCC1. The van der Waals surface area contributed by atoms with Crippen molar-refractivity contribution in [3.8, 4) is 0 Å². The summed E-state index contributed by atoms with van der Waals surface area (Å²) in [6.45, 7) is 1.67. The second-order valence-corrected chi connectivity index (χ2v) is 5.09. The van der Waals surface area contributed by atoms with Crippen LogP contribution in [0.15, 0.2) is 30.7 Å². The van der Waals surface area contributed by atoms with Crippen molar-refractivity contribution in [2.45, 2.75) is 18.4 Å². The number of nitrogens with zero attached hydrogens (tertiary/aromatic N) is 2. The fraction of sp³-hybridized carbons (Fsp3) is 0.462. The van der Waals surface area contributed by atoms with Gasteiger partial charge in [0.05, 0.1) is 10.7 Å². The maximum atomic E-state index is 10.3. The van der Waals surface area contributed by atoms with E-state index in [1.807, 2.05) is 0 Å². The number of hydrogen-bond donors (Lipinski definition) is 4. The lowest BCUT2D eigenvalue weighted by Crippen LogP contribution is -2.40. The molecule has 1 aliphatic heterocycles. The van der Waals surface area contributed by atoms with Gasteiger partial charge in [-0.15, -0.1) is 0 Å². The second-order valence-electron chi connectivity index (χ2n) is 4.65. The predicted octanol–water partition coefficient (Wildman–Crippen LogP) is 0.528. The fourth-order valence-electron chi connectivity index (χ4n) is 1.88. The maximum Gasteiger partial charge on any atom is 0.109 e. The van der Waals surface area contributed by atoms with Crippen molar-refractivity contribution in [1.29, 1.82) is 0 Å². The Morgan fingerprint density at radius 2 is 2.10 bits per heavy atom. The number of aliphatic hydroxyl groups is 1. The van der Waals surface area contributed by atoms with Crippen molar-refractivity contribution in [2.75, 3.05) is 20.1 Å². The second kappa shape index (κ2) is 8.06. The van der Waals surface area contributed by atoms with Gasteiger partial charge in [0.2, 0.25) is 0 Å². The van der Waals surface area contributed by atoms with Crippen LogP contribution in [0.2, 0.25) is 5.02 Å². The normalized spacial score (nSPS) is 17.4. The Hall–Kier alpha value is -1.34. The van der Waals surface area contributed by atoms with E-state index in [1.165, 1.54) is 11.2 Å². The van der Waals surface area contributed by atoms with Gasteiger partial charge in [-0.05, 0) is 38.1 Å². The predicted molar refractivity (Wildman–Crippen MR) is 80.5 cm³/mol. The van der Waals surface area contributed by atoms with Gasteiger partial charge in [0, 0.05) is 25.6 Å². The third-order valence-corrected chi connectivity index (χ3v) is 3.18. The lowest BCUT2D eigenvalue weighted by Gasteiger charge is -2.31. The lowest BCUT2D eigenvalue weighted by molar-refractivity contribution is 0.00188. The van der Waals surface area contributed by atoms with Crippen LogP contribution in [-0.2, 0) is 5.60 Å².